The van der Waals surface area contributed by atoms with Crippen molar-refractivity contribution < 1.29 is 23.2 Å². The summed E-state index contributed by atoms with van der Waals surface area (Å²) in [6.07, 6.45) is -4.79. The van der Waals surface area contributed by atoms with Gasteiger partial charge in [-0.15, -0.1) is 24.8 Å². The first kappa shape index (κ1) is 23.0. The molecular weight excluding hydrogens is 398 g/mol. The van der Waals surface area contributed by atoms with E-state index < -0.39 is 34.1 Å². The van der Waals surface area contributed by atoms with Gasteiger partial charge in [-0.1, -0.05) is 11.6 Å². The second kappa shape index (κ2) is 8.91. The van der Waals surface area contributed by atoms with Crippen molar-refractivity contribution in [2.24, 2.45) is 0 Å². The third-order valence-electron chi connectivity index (χ3n) is 3.44. The van der Waals surface area contributed by atoms with Crippen LogP contribution >= 0.6 is 36.4 Å². The van der Waals surface area contributed by atoms with Crippen LogP contribution in [0.3, 0.4) is 0 Å². The molecule has 1 saturated heterocycles. The number of rotatable bonds is 3. The molecule has 6 nitrogen and oxygen atoms in total. The molecule has 0 aromatic heterocycles. The topological polar surface area (TPSA) is 78.6 Å². The molecule has 12 heteroatoms. The number of nitrogens with one attached hydrogen (secondary N) is 1. The molecule has 2 N–H and O–H groups in total. The lowest BCUT2D eigenvalue weighted by Crippen LogP contribution is -2.49. The van der Waals surface area contributed by atoms with Crippen LogP contribution in [0.5, 0.6) is 5.75 Å². The van der Waals surface area contributed by atoms with Gasteiger partial charge in [0, 0.05) is 32.2 Å². The number of aromatic hydroxyl groups is 1. The molecule has 24 heavy (non-hydrogen) atoms. The van der Waals surface area contributed by atoms with E-state index in [9.17, 15) is 28.4 Å². The fourth-order valence-corrected chi connectivity index (χ4v) is 2.66. The SMILES string of the molecule is Cl.Cl.O=[N+]([O-])c1ccc(Cl)c(O)c1[C@@H](N1CCNCC1)C(F)(F)F. The van der Waals surface area contributed by atoms with Gasteiger partial charge in [-0.05, 0) is 6.07 Å². The van der Waals surface area contributed by atoms with Crippen LogP contribution in [-0.2, 0) is 0 Å². The summed E-state index contributed by atoms with van der Waals surface area (Å²) in [5.74, 6) is -0.906. The highest BCUT2D eigenvalue weighted by atomic mass is 35.5. The minimum absolute atomic E-state index is 0. The Bertz CT molecular complexity index is 584. The maximum Gasteiger partial charge on any atom is 0.408 e. The van der Waals surface area contributed by atoms with Crippen LogP contribution in [0, 0.1) is 10.1 Å². The maximum absolute atomic E-state index is 13.5. The van der Waals surface area contributed by atoms with Crippen LogP contribution in [0.2, 0.25) is 5.02 Å². The number of benzene rings is 1. The zero-order valence-corrected chi connectivity index (χ0v) is 14.4. The van der Waals surface area contributed by atoms with E-state index in [0.29, 0.717) is 13.1 Å². The summed E-state index contributed by atoms with van der Waals surface area (Å²) in [6.45, 7) is 0.740. The monoisotopic (exact) mass is 411 g/mol. The van der Waals surface area contributed by atoms with Crippen LogP contribution in [0.4, 0.5) is 18.9 Å². The summed E-state index contributed by atoms with van der Waals surface area (Å²) in [5, 5.41) is 23.5. The first-order valence-electron chi connectivity index (χ1n) is 6.40. The van der Waals surface area contributed by atoms with E-state index in [2.05, 4.69) is 5.32 Å². The normalized spacial score (nSPS) is 16.7. The Balaban J connectivity index is 0.00000264. The van der Waals surface area contributed by atoms with Gasteiger partial charge >= 0.3 is 6.18 Å². The maximum atomic E-state index is 13.5. The molecule has 0 aliphatic carbocycles. The molecular formula is C12H15Cl3F3N3O3. The third-order valence-corrected chi connectivity index (χ3v) is 3.75. The molecule has 0 saturated carbocycles. The quantitative estimate of drug-likeness (QED) is 0.588. The average Bonchev–Trinajstić information content (AvgIpc) is 2.43. The van der Waals surface area contributed by atoms with Crippen LogP contribution in [0.1, 0.15) is 11.6 Å². The van der Waals surface area contributed by atoms with Crippen molar-refractivity contribution in [2.75, 3.05) is 26.2 Å². The Morgan fingerprint density at radius 3 is 2.29 bits per heavy atom. The number of phenolic OH excluding ortho intramolecular Hbond substituents is 1. The van der Waals surface area contributed by atoms with Crippen LogP contribution in [-0.4, -0.2) is 47.3 Å². The lowest BCUT2D eigenvalue weighted by Gasteiger charge is -2.36. The van der Waals surface area contributed by atoms with E-state index in [4.69, 9.17) is 11.6 Å². The fourth-order valence-electron chi connectivity index (χ4n) is 2.49. The van der Waals surface area contributed by atoms with Crippen LogP contribution in [0.15, 0.2) is 12.1 Å². The minimum atomic E-state index is -4.79. The predicted molar refractivity (Wildman–Crippen MR) is 87.5 cm³/mol. The molecule has 0 bridgehead atoms. The molecule has 1 aromatic carbocycles. The highest BCUT2D eigenvalue weighted by molar-refractivity contribution is 6.32. The van der Waals surface area contributed by atoms with Gasteiger partial charge in [0.1, 0.15) is 11.8 Å². The second-order valence-corrected chi connectivity index (χ2v) is 5.22. The van der Waals surface area contributed by atoms with Gasteiger partial charge in [0.15, 0.2) is 0 Å². The number of nitro benzene ring substituents is 1. The van der Waals surface area contributed by atoms with E-state index in [0.717, 1.165) is 17.0 Å². The average molecular weight is 413 g/mol. The standard InChI is InChI=1S/C12H13ClF3N3O3.2ClH/c13-7-1-2-8(19(21)22)9(10(7)20)11(12(14,15)16)18-5-3-17-4-6-18;;/h1-2,11,17,20H,3-6H2;2*1H/t11-;;/m1../s1. The summed E-state index contributed by atoms with van der Waals surface area (Å²) in [6, 6.07) is -0.407. The molecule has 1 atom stereocenters. The molecule has 0 spiro atoms. The molecule has 138 valence electrons. The van der Waals surface area contributed by atoms with Crippen molar-refractivity contribution in [1.82, 2.24) is 10.2 Å². The number of piperazine rings is 1. The third kappa shape index (κ3) is 4.76. The number of nitrogens with zero attached hydrogens (tertiary/aromatic N) is 2. The van der Waals surface area contributed by atoms with Crippen molar-refractivity contribution in [3.05, 3.63) is 32.8 Å². The molecule has 1 aliphatic rings. The van der Waals surface area contributed by atoms with E-state index in [1.807, 2.05) is 0 Å². The number of nitro groups is 1. The lowest BCUT2D eigenvalue weighted by molar-refractivity contribution is -0.386. The first-order valence-corrected chi connectivity index (χ1v) is 6.78. The largest absolute Gasteiger partial charge is 0.506 e. The zero-order valence-electron chi connectivity index (χ0n) is 12.0. The summed E-state index contributed by atoms with van der Waals surface area (Å²) in [4.78, 5) is 11.2. The van der Waals surface area contributed by atoms with Crippen molar-refractivity contribution >= 4 is 42.1 Å². The Morgan fingerprint density at radius 1 is 1.29 bits per heavy atom. The summed E-state index contributed by atoms with van der Waals surface area (Å²) < 4.78 is 40.5. The summed E-state index contributed by atoms with van der Waals surface area (Å²) >= 11 is 5.65. The van der Waals surface area contributed by atoms with Crippen LogP contribution < -0.4 is 5.32 Å². The molecule has 0 amide bonds. The van der Waals surface area contributed by atoms with Gasteiger partial charge in [-0.25, -0.2) is 0 Å². The predicted octanol–water partition coefficient (Wildman–Crippen LogP) is 3.31. The Labute approximate surface area is 152 Å². The summed E-state index contributed by atoms with van der Waals surface area (Å²) in [5.41, 5.74) is -1.62. The first-order chi connectivity index (χ1) is 10.2. The molecule has 2 rings (SSSR count). The smallest absolute Gasteiger partial charge is 0.408 e. The van der Waals surface area contributed by atoms with Crippen molar-refractivity contribution in [3.8, 4) is 5.75 Å². The van der Waals surface area contributed by atoms with E-state index in [-0.39, 0.29) is 42.9 Å². The molecule has 0 radical (unpaired) electrons. The van der Waals surface area contributed by atoms with Gasteiger partial charge in [-0.2, -0.15) is 13.2 Å². The van der Waals surface area contributed by atoms with Gasteiger partial charge in [0.05, 0.1) is 15.5 Å². The van der Waals surface area contributed by atoms with Gasteiger partial charge in [0.25, 0.3) is 5.69 Å². The summed E-state index contributed by atoms with van der Waals surface area (Å²) in [7, 11) is 0. The number of phenols is 1. The highest BCUT2D eigenvalue weighted by Gasteiger charge is 2.49. The number of halogens is 6. The number of hydrogen-bond donors (Lipinski definition) is 2. The number of hydrogen-bond acceptors (Lipinski definition) is 5. The van der Waals surface area contributed by atoms with Gasteiger partial charge in [0.2, 0.25) is 0 Å². The van der Waals surface area contributed by atoms with E-state index >= 15 is 0 Å². The molecule has 1 heterocycles. The zero-order chi connectivity index (χ0) is 16.5. The second-order valence-electron chi connectivity index (χ2n) is 4.82. The highest BCUT2D eigenvalue weighted by Crippen LogP contribution is 2.47. The molecule has 1 aromatic rings. The Hall–Kier alpha value is -1.00. The van der Waals surface area contributed by atoms with Crippen LogP contribution in [0.25, 0.3) is 0 Å². The van der Waals surface area contributed by atoms with Gasteiger partial charge in [-0.3, -0.25) is 15.0 Å². The van der Waals surface area contributed by atoms with Gasteiger partial charge < -0.3 is 10.4 Å². The Morgan fingerprint density at radius 2 is 1.83 bits per heavy atom. The van der Waals surface area contributed by atoms with E-state index in [1.165, 1.54) is 0 Å². The lowest BCUT2D eigenvalue weighted by atomic mass is 10.0. The van der Waals surface area contributed by atoms with Crippen molar-refractivity contribution in [2.45, 2.75) is 12.2 Å². The molecule has 0 unspecified atom stereocenters. The molecule has 1 fully saturated rings. The number of alkyl halides is 3. The van der Waals surface area contributed by atoms with Crippen molar-refractivity contribution in [3.63, 3.8) is 0 Å². The molecule has 1 aliphatic heterocycles. The van der Waals surface area contributed by atoms with Crippen molar-refractivity contribution in [1.29, 1.82) is 0 Å². The fraction of sp³-hybridized carbons (Fsp3) is 0.500. The van der Waals surface area contributed by atoms with E-state index in [1.54, 1.807) is 0 Å². The minimum Gasteiger partial charge on any atom is -0.506 e. The Kier molecular flexibility index (Phi) is 8.54.